The maximum atomic E-state index is 5.36. The molecule has 4 heterocycles. The van der Waals surface area contributed by atoms with E-state index in [0.717, 1.165) is 32.2 Å². The first-order valence-corrected chi connectivity index (χ1v) is 8.93. The van der Waals surface area contributed by atoms with E-state index in [2.05, 4.69) is 20.3 Å². The van der Waals surface area contributed by atoms with E-state index in [0.29, 0.717) is 17.4 Å². The molecule has 0 radical (unpaired) electrons. The van der Waals surface area contributed by atoms with Crippen LogP contribution in [0.15, 0.2) is 42.7 Å². The lowest BCUT2D eigenvalue weighted by molar-refractivity contribution is 0.415. The number of aromatic nitrogens is 4. The smallest absolute Gasteiger partial charge is 0.174 e. The van der Waals surface area contributed by atoms with E-state index < -0.39 is 0 Å². The molecule has 0 spiro atoms. The number of ether oxygens (including phenoxy) is 1. The molecule has 0 bridgehead atoms. The summed E-state index contributed by atoms with van der Waals surface area (Å²) in [5.74, 6) is 1.97. The first-order valence-electron chi connectivity index (χ1n) is 8.11. The number of nitrogens with zero attached hydrogens (tertiary/aromatic N) is 4. The standard InChI is InChI=1S/C19H17N5OS/c1-11-5-4-8-20-17(11)19-23-13-9-16(21-10-15(13)26-19)24-18-14(25-3)7-6-12(2)22-18/h4-10H,1-3H3,(H,21,22,24). The number of aryl methyl sites for hydroxylation is 2. The Morgan fingerprint density at radius 2 is 1.96 bits per heavy atom. The van der Waals surface area contributed by atoms with Crippen molar-refractivity contribution in [3.05, 3.63) is 54.0 Å². The van der Waals surface area contributed by atoms with E-state index in [1.165, 1.54) is 0 Å². The van der Waals surface area contributed by atoms with Gasteiger partial charge in [0.1, 0.15) is 16.5 Å². The summed E-state index contributed by atoms with van der Waals surface area (Å²) in [4.78, 5) is 18.1. The second-order valence-corrected chi connectivity index (χ2v) is 6.88. The summed E-state index contributed by atoms with van der Waals surface area (Å²) in [6.45, 7) is 3.97. The van der Waals surface area contributed by atoms with E-state index in [1.54, 1.807) is 24.6 Å². The zero-order valence-corrected chi connectivity index (χ0v) is 15.5. The Labute approximate surface area is 155 Å². The van der Waals surface area contributed by atoms with Crippen LogP contribution in [-0.2, 0) is 0 Å². The quantitative estimate of drug-likeness (QED) is 0.575. The van der Waals surface area contributed by atoms with Crippen molar-refractivity contribution in [2.75, 3.05) is 12.4 Å². The van der Waals surface area contributed by atoms with E-state index >= 15 is 0 Å². The van der Waals surface area contributed by atoms with Gasteiger partial charge in [0.15, 0.2) is 11.6 Å². The minimum atomic E-state index is 0.635. The van der Waals surface area contributed by atoms with Gasteiger partial charge in [-0.05, 0) is 37.6 Å². The van der Waals surface area contributed by atoms with Crippen LogP contribution in [0.25, 0.3) is 20.9 Å². The minimum Gasteiger partial charge on any atom is -0.493 e. The van der Waals surface area contributed by atoms with Crippen molar-refractivity contribution in [2.24, 2.45) is 0 Å². The monoisotopic (exact) mass is 363 g/mol. The number of rotatable bonds is 4. The highest BCUT2D eigenvalue weighted by molar-refractivity contribution is 7.21. The predicted octanol–water partition coefficient (Wildman–Crippen LogP) is 4.52. The number of fused-ring (bicyclic) bond motifs is 1. The molecule has 0 atom stereocenters. The molecule has 0 unspecified atom stereocenters. The van der Waals surface area contributed by atoms with Gasteiger partial charge in [-0.2, -0.15) is 0 Å². The number of hydrogen-bond acceptors (Lipinski definition) is 7. The third-order valence-corrected chi connectivity index (χ3v) is 4.96. The number of anilines is 2. The molecule has 0 fully saturated rings. The largest absolute Gasteiger partial charge is 0.493 e. The SMILES string of the molecule is COc1ccc(C)nc1Nc1cc2nc(-c3ncccc3C)sc2cn1. The lowest BCUT2D eigenvalue weighted by Crippen LogP contribution is -2.00. The van der Waals surface area contributed by atoms with Gasteiger partial charge in [-0.15, -0.1) is 11.3 Å². The van der Waals surface area contributed by atoms with Crippen molar-refractivity contribution in [2.45, 2.75) is 13.8 Å². The van der Waals surface area contributed by atoms with Crippen molar-refractivity contribution < 1.29 is 4.74 Å². The van der Waals surface area contributed by atoms with Gasteiger partial charge in [-0.25, -0.2) is 15.0 Å². The Kier molecular flexibility index (Phi) is 4.22. The summed E-state index contributed by atoms with van der Waals surface area (Å²) in [5.41, 5.74) is 3.78. The number of hydrogen-bond donors (Lipinski definition) is 1. The van der Waals surface area contributed by atoms with Gasteiger partial charge in [0.2, 0.25) is 0 Å². The predicted molar refractivity (Wildman–Crippen MR) is 104 cm³/mol. The van der Waals surface area contributed by atoms with Crippen LogP contribution >= 0.6 is 11.3 Å². The number of thiazole rings is 1. The zero-order valence-electron chi connectivity index (χ0n) is 14.6. The zero-order chi connectivity index (χ0) is 18.1. The highest BCUT2D eigenvalue weighted by Crippen LogP contribution is 2.32. The third-order valence-electron chi connectivity index (χ3n) is 3.95. The van der Waals surface area contributed by atoms with Crippen molar-refractivity contribution in [3.63, 3.8) is 0 Å². The number of pyridine rings is 3. The number of nitrogens with one attached hydrogen (secondary N) is 1. The molecule has 130 valence electrons. The summed E-state index contributed by atoms with van der Waals surface area (Å²) >= 11 is 1.59. The highest BCUT2D eigenvalue weighted by Gasteiger charge is 2.12. The Hall–Kier alpha value is -3.06. The molecule has 1 N–H and O–H groups in total. The molecule has 0 aromatic carbocycles. The first kappa shape index (κ1) is 16.4. The van der Waals surface area contributed by atoms with Crippen LogP contribution in [0.3, 0.4) is 0 Å². The van der Waals surface area contributed by atoms with Crippen LogP contribution < -0.4 is 10.1 Å². The Balaban J connectivity index is 1.71. The molecule has 0 saturated carbocycles. The molecule has 0 saturated heterocycles. The number of methoxy groups -OCH3 is 1. The fourth-order valence-electron chi connectivity index (χ4n) is 2.63. The summed E-state index contributed by atoms with van der Waals surface area (Å²) in [7, 11) is 1.62. The Morgan fingerprint density at radius 1 is 1.08 bits per heavy atom. The van der Waals surface area contributed by atoms with E-state index in [1.807, 2.05) is 50.4 Å². The lowest BCUT2D eigenvalue weighted by atomic mass is 10.2. The molecule has 0 aliphatic carbocycles. The average molecular weight is 363 g/mol. The van der Waals surface area contributed by atoms with Crippen molar-refractivity contribution in [1.29, 1.82) is 0 Å². The summed E-state index contributed by atoms with van der Waals surface area (Å²) in [5, 5.41) is 4.11. The summed E-state index contributed by atoms with van der Waals surface area (Å²) in [6, 6.07) is 9.67. The van der Waals surface area contributed by atoms with E-state index in [4.69, 9.17) is 9.72 Å². The molecule has 4 aromatic rings. The highest BCUT2D eigenvalue weighted by atomic mass is 32.1. The van der Waals surface area contributed by atoms with Crippen molar-refractivity contribution in [3.8, 4) is 16.5 Å². The summed E-state index contributed by atoms with van der Waals surface area (Å²) in [6.07, 6.45) is 3.61. The molecule has 26 heavy (non-hydrogen) atoms. The fraction of sp³-hybridized carbons (Fsp3) is 0.158. The maximum absolute atomic E-state index is 5.36. The molecular weight excluding hydrogens is 346 g/mol. The topological polar surface area (TPSA) is 72.8 Å². The second kappa shape index (κ2) is 6.68. The molecular formula is C19H17N5OS. The van der Waals surface area contributed by atoms with Crippen LogP contribution in [0.4, 0.5) is 11.6 Å². The van der Waals surface area contributed by atoms with Gasteiger partial charge >= 0.3 is 0 Å². The molecule has 7 heteroatoms. The molecule has 0 aliphatic heterocycles. The Morgan fingerprint density at radius 3 is 2.77 bits per heavy atom. The average Bonchev–Trinajstić information content (AvgIpc) is 3.05. The lowest BCUT2D eigenvalue weighted by Gasteiger charge is -2.10. The van der Waals surface area contributed by atoms with Gasteiger partial charge in [0.05, 0.1) is 17.3 Å². The molecule has 0 amide bonds. The van der Waals surface area contributed by atoms with E-state index in [9.17, 15) is 0 Å². The third kappa shape index (κ3) is 3.09. The van der Waals surface area contributed by atoms with Crippen LogP contribution in [0, 0.1) is 13.8 Å². The van der Waals surface area contributed by atoms with Crippen LogP contribution in [-0.4, -0.2) is 27.0 Å². The molecule has 4 aromatic heterocycles. The normalized spacial score (nSPS) is 10.9. The second-order valence-electron chi connectivity index (χ2n) is 5.85. The first-order chi connectivity index (χ1) is 12.6. The fourth-order valence-corrected chi connectivity index (χ4v) is 3.61. The van der Waals surface area contributed by atoms with Gasteiger partial charge < -0.3 is 10.1 Å². The maximum Gasteiger partial charge on any atom is 0.174 e. The molecule has 6 nitrogen and oxygen atoms in total. The van der Waals surface area contributed by atoms with Gasteiger partial charge in [0.25, 0.3) is 0 Å². The van der Waals surface area contributed by atoms with Crippen LogP contribution in [0.2, 0.25) is 0 Å². The van der Waals surface area contributed by atoms with E-state index in [-0.39, 0.29) is 0 Å². The van der Waals surface area contributed by atoms with Crippen LogP contribution in [0.1, 0.15) is 11.3 Å². The van der Waals surface area contributed by atoms with Crippen molar-refractivity contribution in [1.82, 2.24) is 19.9 Å². The molecule has 4 rings (SSSR count). The summed E-state index contributed by atoms with van der Waals surface area (Å²) < 4.78 is 6.37. The van der Waals surface area contributed by atoms with Gasteiger partial charge in [-0.1, -0.05) is 6.07 Å². The Bertz CT molecular complexity index is 1090. The van der Waals surface area contributed by atoms with Crippen LogP contribution in [0.5, 0.6) is 5.75 Å². The molecule has 0 aliphatic rings. The van der Waals surface area contributed by atoms with Gasteiger partial charge in [0, 0.05) is 24.2 Å². The van der Waals surface area contributed by atoms with Crippen molar-refractivity contribution >= 4 is 33.2 Å². The van der Waals surface area contributed by atoms with Gasteiger partial charge in [-0.3, -0.25) is 4.98 Å². The minimum absolute atomic E-state index is 0.635.